The first kappa shape index (κ1) is 8.15. The standard InChI is InChI=1S/C13H20O/c1-2-6-13(7-3-1)11-9-4-5-10(8-9)12(11)14-13/h9-12H,1-8H2/t9-,10+,11+,12-/m0/s1. The molecular formula is C13H20O. The molecule has 4 rings (SSSR count). The summed E-state index contributed by atoms with van der Waals surface area (Å²) in [4.78, 5) is 0. The number of fused-ring (bicyclic) bond motifs is 6. The molecule has 1 aliphatic heterocycles. The molecule has 78 valence electrons. The van der Waals surface area contributed by atoms with Gasteiger partial charge in [-0.2, -0.15) is 0 Å². The molecule has 1 heterocycles. The highest BCUT2D eigenvalue weighted by molar-refractivity contribution is 5.13. The predicted molar refractivity (Wildman–Crippen MR) is 55.0 cm³/mol. The predicted octanol–water partition coefficient (Wildman–Crippen LogP) is 3.13. The second-order valence-electron chi connectivity index (χ2n) is 6.07. The van der Waals surface area contributed by atoms with Crippen LogP contribution in [-0.2, 0) is 4.74 Å². The molecule has 1 nitrogen and oxygen atoms in total. The lowest BCUT2D eigenvalue weighted by molar-refractivity contribution is -0.288. The fourth-order valence-corrected chi connectivity index (χ4v) is 5.02. The van der Waals surface area contributed by atoms with Crippen molar-refractivity contribution >= 4 is 0 Å². The van der Waals surface area contributed by atoms with Gasteiger partial charge in [-0.05, 0) is 43.9 Å². The molecule has 4 atom stereocenters. The molecular weight excluding hydrogens is 172 g/mol. The van der Waals surface area contributed by atoms with E-state index in [9.17, 15) is 0 Å². The number of ether oxygens (including phenoxy) is 1. The van der Waals surface area contributed by atoms with Crippen LogP contribution in [0, 0.1) is 17.8 Å². The van der Waals surface area contributed by atoms with E-state index in [1.54, 1.807) is 0 Å². The van der Waals surface area contributed by atoms with Gasteiger partial charge in [0.05, 0.1) is 11.7 Å². The topological polar surface area (TPSA) is 9.23 Å². The van der Waals surface area contributed by atoms with Gasteiger partial charge in [0.2, 0.25) is 0 Å². The minimum Gasteiger partial charge on any atom is -0.371 e. The van der Waals surface area contributed by atoms with Crippen LogP contribution in [0.5, 0.6) is 0 Å². The molecule has 4 aliphatic rings. The van der Waals surface area contributed by atoms with Gasteiger partial charge in [-0.1, -0.05) is 19.3 Å². The first-order valence-corrected chi connectivity index (χ1v) is 6.57. The van der Waals surface area contributed by atoms with Gasteiger partial charge < -0.3 is 4.74 Å². The van der Waals surface area contributed by atoms with Crippen LogP contribution in [0.15, 0.2) is 0 Å². The average Bonchev–Trinajstić information content (AvgIpc) is 2.75. The summed E-state index contributed by atoms with van der Waals surface area (Å²) in [6.45, 7) is 0. The molecule has 0 radical (unpaired) electrons. The van der Waals surface area contributed by atoms with E-state index in [4.69, 9.17) is 4.74 Å². The van der Waals surface area contributed by atoms with Crippen LogP contribution in [0.3, 0.4) is 0 Å². The van der Waals surface area contributed by atoms with Gasteiger partial charge in [-0.15, -0.1) is 0 Å². The lowest BCUT2D eigenvalue weighted by Gasteiger charge is -2.59. The summed E-state index contributed by atoms with van der Waals surface area (Å²) in [7, 11) is 0. The van der Waals surface area contributed by atoms with Crippen molar-refractivity contribution in [3.8, 4) is 0 Å². The Morgan fingerprint density at radius 1 is 0.929 bits per heavy atom. The summed E-state index contributed by atoms with van der Waals surface area (Å²) in [6.07, 6.45) is 12.3. The van der Waals surface area contributed by atoms with Crippen LogP contribution in [-0.4, -0.2) is 11.7 Å². The summed E-state index contributed by atoms with van der Waals surface area (Å²) in [6, 6.07) is 0. The molecule has 0 unspecified atom stereocenters. The minimum atomic E-state index is 0.406. The molecule has 3 aliphatic carbocycles. The third-order valence-electron chi connectivity index (χ3n) is 5.52. The van der Waals surface area contributed by atoms with E-state index in [0.29, 0.717) is 11.7 Å². The zero-order valence-corrected chi connectivity index (χ0v) is 8.87. The van der Waals surface area contributed by atoms with Crippen molar-refractivity contribution in [3.05, 3.63) is 0 Å². The SMILES string of the molecule is C1CCC2(CC1)O[C@H]1[C@@H]3CC[C@@H](C3)[C@H]12. The number of hydrogen-bond acceptors (Lipinski definition) is 1. The van der Waals surface area contributed by atoms with Gasteiger partial charge in [0.15, 0.2) is 0 Å². The Morgan fingerprint density at radius 3 is 2.50 bits per heavy atom. The van der Waals surface area contributed by atoms with Crippen molar-refractivity contribution in [2.24, 2.45) is 17.8 Å². The summed E-state index contributed by atoms with van der Waals surface area (Å²) < 4.78 is 6.33. The Labute approximate surface area is 86.2 Å². The van der Waals surface area contributed by atoms with Gasteiger partial charge in [0.25, 0.3) is 0 Å². The molecule has 0 aromatic heterocycles. The molecule has 2 bridgehead atoms. The fraction of sp³-hybridized carbons (Fsp3) is 1.00. The summed E-state index contributed by atoms with van der Waals surface area (Å²) >= 11 is 0. The minimum absolute atomic E-state index is 0.406. The van der Waals surface area contributed by atoms with Crippen LogP contribution >= 0.6 is 0 Å². The Kier molecular flexibility index (Phi) is 1.49. The number of rotatable bonds is 0. The zero-order chi connectivity index (χ0) is 9.17. The van der Waals surface area contributed by atoms with Gasteiger partial charge >= 0.3 is 0 Å². The van der Waals surface area contributed by atoms with E-state index in [2.05, 4.69) is 0 Å². The third kappa shape index (κ3) is 0.816. The highest BCUT2D eigenvalue weighted by atomic mass is 16.5. The van der Waals surface area contributed by atoms with E-state index in [1.807, 2.05) is 0 Å². The van der Waals surface area contributed by atoms with Crippen LogP contribution in [0.1, 0.15) is 51.4 Å². The molecule has 14 heavy (non-hydrogen) atoms. The molecule has 0 aromatic carbocycles. The van der Waals surface area contributed by atoms with Gasteiger partial charge in [0.1, 0.15) is 0 Å². The molecule has 3 saturated carbocycles. The van der Waals surface area contributed by atoms with E-state index >= 15 is 0 Å². The molecule has 1 saturated heterocycles. The van der Waals surface area contributed by atoms with Crippen LogP contribution in [0.25, 0.3) is 0 Å². The van der Waals surface area contributed by atoms with Crippen molar-refractivity contribution in [1.29, 1.82) is 0 Å². The average molecular weight is 192 g/mol. The summed E-state index contributed by atoms with van der Waals surface area (Å²) in [5, 5.41) is 0. The van der Waals surface area contributed by atoms with Crippen molar-refractivity contribution in [2.45, 2.75) is 63.1 Å². The molecule has 1 heteroatoms. The highest BCUT2D eigenvalue weighted by Crippen LogP contribution is 2.64. The lowest BCUT2D eigenvalue weighted by Crippen LogP contribution is -2.62. The monoisotopic (exact) mass is 192 g/mol. The van der Waals surface area contributed by atoms with E-state index in [0.717, 1.165) is 17.8 Å². The van der Waals surface area contributed by atoms with Gasteiger partial charge in [-0.25, -0.2) is 0 Å². The van der Waals surface area contributed by atoms with Crippen LogP contribution in [0.2, 0.25) is 0 Å². The Balaban J connectivity index is 1.61. The molecule has 0 amide bonds. The Morgan fingerprint density at radius 2 is 1.71 bits per heavy atom. The molecule has 0 N–H and O–H groups in total. The highest BCUT2D eigenvalue weighted by Gasteiger charge is 2.65. The quantitative estimate of drug-likeness (QED) is 0.573. The van der Waals surface area contributed by atoms with Crippen LogP contribution in [0.4, 0.5) is 0 Å². The van der Waals surface area contributed by atoms with Crippen molar-refractivity contribution in [2.75, 3.05) is 0 Å². The Hall–Kier alpha value is -0.0400. The molecule has 4 fully saturated rings. The van der Waals surface area contributed by atoms with Crippen molar-refractivity contribution < 1.29 is 4.74 Å². The van der Waals surface area contributed by atoms with Crippen molar-refractivity contribution in [1.82, 2.24) is 0 Å². The lowest BCUT2D eigenvalue weighted by atomic mass is 9.63. The van der Waals surface area contributed by atoms with Crippen molar-refractivity contribution in [3.63, 3.8) is 0 Å². The summed E-state index contributed by atoms with van der Waals surface area (Å²) in [5.41, 5.74) is 0.406. The van der Waals surface area contributed by atoms with E-state index in [-0.39, 0.29) is 0 Å². The molecule has 0 aromatic rings. The first-order valence-electron chi connectivity index (χ1n) is 6.57. The first-order chi connectivity index (χ1) is 6.89. The maximum absolute atomic E-state index is 6.33. The largest absolute Gasteiger partial charge is 0.371 e. The normalized spacial score (nSPS) is 53.1. The van der Waals surface area contributed by atoms with E-state index < -0.39 is 0 Å². The molecule has 1 spiro atoms. The zero-order valence-electron chi connectivity index (χ0n) is 8.87. The maximum Gasteiger partial charge on any atom is 0.0742 e. The van der Waals surface area contributed by atoms with Gasteiger partial charge in [-0.3, -0.25) is 0 Å². The fourth-order valence-electron chi connectivity index (χ4n) is 5.02. The third-order valence-corrected chi connectivity index (χ3v) is 5.52. The Bertz CT molecular complexity index is 252. The number of hydrogen-bond donors (Lipinski definition) is 0. The second-order valence-corrected chi connectivity index (χ2v) is 6.07. The second kappa shape index (κ2) is 2.55. The smallest absolute Gasteiger partial charge is 0.0742 e. The van der Waals surface area contributed by atoms with Gasteiger partial charge in [0, 0.05) is 5.92 Å². The van der Waals surface area contributed by atoms with Crippen LogP contribution < -0.4 is 0 Å². The maximum atomic E-state index is 6.33. The van der Waals surface area contributed by atoms with E-state index in [1.165, 1.54) is 51.4 Å². The summed E-state index contributed by atoms with van der Waals surface area (Å²) in [5.74, 6) is 3.04.